The zero-order valence-corrected chi connectivity index (χ0v) is 13.1. The van der Waals surface area contributed by atoms with E-state index in [1.54, 1.807) is 0 Å². The molecule has 0 aromatic heterocycles. The van der Waals surface area contributed by atoms with Crippen molar-refractivity contribution in [1.29, 1.82) is 0 Å². The first-order valence-electron chi connectivity index (χ1n) is 8.08. The van der Waals surface area contributed by atoms with Gasteiger partial charge in [0, 0.05) is 31.8 Å². The molecule has 1 saturated heterocycles. The molecule has 0 aliphatic carbocycles. The van der Waals surface area contributed by atoms with Crippen molar-refractivity contribution in [3.05, 3.63) is 29.8 Å². The minimum absolute atomic E-state index is 0.412. The van der Waals surface area contributed by atoms with Gasteiger partial charge in [-0.05, 0) is 38.8 Å². The van der Waals surface area contributed by atoms with Gasteiger partial charge in [-0.1, -0.05) is 18.2 Å². The Morgan fingerprint density at radius 1 is 1.24 bits per heavy atom. The molecule has 1 aromatic carbocycles. The summed E-state index contributed by atoms with van der Waals surface area (Å²) in [6.07, 6.45) is 3.60. The third kappa shape index (κ3) is 5.30. The van der Waals surface area contributed by atoms with Crippen molar-refractivity contribution in [2.24, 2.45) is 5.73 Å². The topological polar surface area (TPSA) is 47.7 Å². The van der Waals surface area contributed by atoms with Crippen molar-refractivity contribution in [2.45, 2.75) is 38.8 Å². The van der Waals surface area contributed by atoms with Gasteiger partial charge in [0.15, 0.2) is 0 Å². The lowest BCUT2D eigenvalue weighted by Crippen LogP contribution is -2.36. The fraction of sp³-hybridized carbons (Fsp3) is 0.647. The second kappa shape index (κ2) is 9.03. The van der Waals surface area contributed by atoms with Crippen LogP contribution in [0, 0.1) is 0 Å². The van der Waals surface area contributed by atoms with Crippen LogP contribution in [0.25, 0.3) is 0 Å². The lowest BCUT2D eigenvalue weighted by Gasteiger charge is -2.32. The molecule has 0 unspecified atom stereocenters. The Morgan fingerprint density at radius 3 is 2.71 bits per heavy atom. The van der Waals surface area contributed by atoms with E-state index in [0.717, 1.165) is 51.3 Å². The molecule has 0 atom stereocenters. The lowest BCUT2D eigenvalue weighted by molar-refractivity contribution is 0.00550. The van der Waals surface area contributed by atoms with Gasteiger partial charge in [-0.25, -0.2) is 0 Å². The van der Waals surface area contributed by atoms with Crippen molar-refractivity contribution in [3.63, 3.8) is 0 Å². The van der Waals surface area contributed by atoms with E-state index >= 15 is 0 Å². The summed E-state index contributed by atoms with van der Waals surface area (Å²) in [5.74, 6) is 1.02. The number of hydrogen-bond donors (Lipinski definition) is 1. The van der Waals surface area contributed by atoms with Gasteiger partial charge >= 0.3 is 0 Å². The zero-order chi connectivity index (χ0) is 14.9. The molecule has 21 heavy (non-hydrogen) atoms. The van der Waals surface area contributed by atoms with E-state index in [0.29, 0.717) is 19.3 Å². The van der Waals surface area contributed by atoms with Gasteiger partial charge in [0.2, 0.25) is 0 Å². The zero-order valence-electron chi connectivity index (χ0n) is 13.1. The van der Waals surface area contributed by atoms with E-state index in [-0.39, 0.29) is 0 Å². The Labute approximate surface area is 128 Å². The molecule has 0 saturated carbocycles. The summed E-state index contributed by atoms with van der Waals surface area (Å²) in [6.45, 7) is 7.41. The monoisotopic (exact) mass is 292 g/mol. The number of benzene rings is 1. The van der Waals surface area contributed by atoms with Crippen molar-refractivity contribution < 1.29 is 9.47 Å². The van der Waals surface area contributed by atoms with E-state index in [1.165, 1.54) is 5.56 Å². The molecule has 1 fully saturated rings. The van der Waals surface area contributed by atoms with Crippen LogP contribution < -0.4 is 10.5 Å². The molecule has 0 amide bonds. The highest BCUT2D eigenvalue weighted by Gasteiger charge is 2.20. The Hall–Kier alpha value is -1.10. The number of hydrogen-bond acceptors (Lipinski definition) is 4. The predicted molar refractivity (Wildman–Crippen MR) is 85.5 cm³/mol. The third-order valence-electron chi connectivity index (χ3n) is 3.90. The van der Waals surface area contributed by atoms with E-state index in [9.17, 15) is 0 Å². The maximum Gasteiger partial charge on any atom is 0.123 e. The summed E-state index contributed by atoms with van der Waals surface area (Å²) < 4.78 is 11.6. The first-order chi connectivity index (χ1) is 10.3. The van der Waals surface area contributed by atoms with Crippen LogP contribution in [0.3, 0.4) is 0 Å². The minimum atomic E-state index is 0.412. The van der Waals surface area contributed by atoms with Crippen LogP contribution in [0.15, 0.2) is 24.3 Å². The Balaban J connectivity index is 1.78. The lowest BCUT2D eigenvalue weighted by atomic mass is 10.1. The Morgan fingerprint density at radius 2 is 2.00 bits per heavy atom. The van der Waals surface area contributed by atoms with Crippen LogP contribution in [0.1, 0.15) is 31.7 Å². The molecule has 1 aromatic rings. The Kier molecular flexibility index (Phi) is 7.00. The van der Waals surface area contributed by atoms with Gasteiger partial charge in [0.05, 0.1) is 12.7 Å². The van der Waals surface area contributed by atoms with Crippen molar-refractivity contribution in [2.75, 3.05) is 32.8 Å². The molecular weight excluding hydrogens is 264 g/mol. The summed E-state index contributed by atoms with van der Waals surface area (Å²) in [7, 11) is 0. The second-order valence-corrected chi connectivity index (χ2v) is 5.53. The van der Waals surface area contributed by atoms with Gasteiger partial charge in [-0.15, -0.1) is 0 Å². The Bertz CT molecular complexity index is 404. The van der Waals surface area contributed by atoms with Gasteiger partial charge < -0.3 is 15.2 Å². The number of nitrogens with two attached hydrogens (primary N) is 1. The number of ether oxygens (including phenoxy) is 2. The molecule has 4 nitrogen and oxygen atoms in total. The number of para-hydroxylation sites is 1. The van der Waals surface area contributed by atoms with Gasteiger partial charge in [-0.2, -0.15) is 0 Å². The quantitative estimate of drug-likeness (QED) is 0.748. The molecule has 4 heteroatoms. The second-order valence-electron chi connectivity index (χ2n) is 5.53. The van der Waals surface area contributed by atoms with Crippen LogP contribution in [0.2, 0.25) is 0 Å². The summed E-state index contributed by atoms with van der Waals surface area (Å²) in [5, 5.41) is 0. The summed E-state index contributed by atoms with van der Waals surface area (Å²) >= 11 is 0. The van der Waals surface area contributed by atoms with Crippen LogP contribution in [-0.2, 0) is 11.3 Å². The van der Waals surface area contributed by atoms with Crippen molar-refractivity contribution >= 4 is 0 Å². The first-order valence-corrected chi connectivity index (χ1v) is 8.08. The number of likely N-dealkylation sites (tertiary alicyclic amines) is 1. The summed E-state index contributed by atoms with van der Waals surface area (Å²) in [4.78, 5) is 2.49. The minimum Gasteiger partial charge on any atom is -0.494 e. The molecule has 1 aliphatic heterocycles. The normalized spacial score (nSPS) is 17.0. The maximum atomic E-state index is 5.85. The van der Waals surface area contributed by atoms with E-state index in [4.69, 9.17) is 15.2 Å². The van der Waals surface area contributed by atoms with E-state index in [1.807, 2.05) is 13.0 Å². The standard InChI is InChI=1S/C17H28N2O2/c1-2-20-17-7-4-3-6-15(17)14-19-11-8-16(9-12-19)21-13-5-10-18/h3-4,6-7,16H,2,5,8-14,18H2,1H3. The van der Waals surface area contributed by atoms with Crippen molar-refractivity contribution in [1.82, 2.24) is 4.90 Å². The highest BCUT2D eigenvalue weighted by Crippen LogP contribution is 2.22. The summed E-state index contributed by atoms with van der Waals surface area (Å²) in [6, 6.07) is 8.34. The van der Waals surface area contributed by atoms with Gasteiger partial charge in [0.1, 0.15) is 5.75 Å². The highest BCUT2D eigenvalue weighted by atomic mass is 16.5. The fourth-order valence-corrected chi connectivity index (χ4v) is 2.74. The van der Waals surface area contributed by atoms with Gasteiger partial charge in [-0.3, -0.25) is 4.90 Å². The average Bonchev–Trinajstić information content (AvgIpc) is 2.51. The SMILES string of the molecule is CCOc1ccccc1CN1CCC(OCCCN)CC1. The molecule has 2 rings (SSSR count). The third-order valence-corrected chi connectivity index (χ3v) is 3.90. The largest absolute Gasteiger partial charge is 0.494 e. The fourth-order valence-electron chi connectivity index (χ4n) is 2.74. The average molecular weight is 292 g/mol. The predicted octanol–water partition coefficient (Wildman–Crippen LogP) is 2.42. The molecule has 0 radical (unpaired) electrons. The number of nitrogens with zero attached hydrogens (tertiary/aromatic N) is 1. The van der Waals surface area contributed by atoms with Crippen LogP contribution in [-0.4, -0.2) is 43.9 Å². The van der Waals surface area contributed by atoms with E-state index in [2.05, 4.69) is 23.1 Å². The molecule has 2 N–H and O–H groups in total. The highest BCUT2D eigenvalue weighted by molar-refractivity contribution is 5.33. The van der Waals surface area contributed by atoms with Crippen LogP contribution >= 0.6 is 0 Å². The van der Waals surface area contributed by atoms with Crippen molar-refractivity contribution in [3.8, 4) is 5.75 Å². The number of piperidine rings is 1. The molecule has 1 heterocycles. The number of rotatable bonds is 8. The maximum absolute atomic E-state index is 5.85. The smallest absolute Gasteiger partial charge is 0.123 e. The first kappa shape index (κ1) is 16.3. The van der Waals surface area contributed by atoms with Crippen LogP contribution in [0.5, 0.6) is 5.75 Å². The molecule has 0 bridgehead atoms. The van der Waals surface area contributed by atoms with E-state index < -0.39 is 0 Å². The van der Waals surface area contributed by atoms with Crippen LogP contribution in [0.4, 0.5) is 0 Å². The molecule has 1 aliphatic rings. The molecule has 118 valence electrons. The van der Waals surface area contributed by atoms with Gasteiger partial charge in [0.25, 0.3) is 0 Å². The summed E-state index contributed by atoms with van der Waals surface area (Å²) in [5.41, 5.74) is 6.77. The molecular formula is C17H28N2O2. The molecule has 0 spiro atoms.